The van der Waals surface area contributed by atoms with Crippen molar-refractivity contribution in [2.45, 2.75) is 38.4 Å². The molecule has 1 N–H and O–H groups in total. The number of aromatic nitrogens is 1. The molecule has 3 aromatic rings. The first-order chi connectivity index (χ1) is 16.7. The number of ether oxygens (including phenoxy) is 1. The van der Waals surface area contributed by atoms with Crippen molar-refractivity contribution in [3.8, 4) is 5.75 Å². The van der Waals surface area contributed by atoms with E-state index in [1.165, 1.54) is 16.8 Å². The molecular formula is C28H29ClN4OS. The van der Waals surface area contributed by atoms with E-state index in [1.807, 2.05) is 42.6 Å². The second kappa shape index (κ2) is 8.85. The molecule has 0 aliphatic carbocycles. The van der Waals surface area contributed by atoms with Crippen LogP contribution in [0.25, 0.3) is 5.57 Å². The number of nitrogens with zero attached hydrogens (tertiary/aromatic N) is 3. The van der Waals surface area contributed by atoms with E-state index in [-0.39, 0.29) is 17.6 Å². The van der Waals surface area contributed by atoms with E-state index >= 15 is 0 Å². The summed E-state index contributed by atoms with van der Waals surface area (Å²) in [6.45, 7) is 6.66. The zero-order chi connectivity index (χ0) is 24.9. The Morgan fingerprint density at radius 1 is 1.11 bits per heavy atom. The first-order valence-corrected chi connectivity index (χ1v) is 12.4. The fourth-order valence-corrected chi connectivity index (χ4v) is 5.74. The van der Waals surface area contributed by atoms with Gasteiger partial charge in [0.1, 0.15) is 5.75 Å². The molecule has 0 amide bonds. The van der Waals surface area contributed by atoms with E-state index in [0.717, 1.165) is 16.9 Å². The summed E-state index contributed by atoms with van der Waals surface area (Å²) < 4.78 is 5.37. The average Bonchev–Trinajstić information content (AvgIpc) is 3.19. The van der Waals surface area contributed by atoms with Gasteiger partial charge in [-0.3, -0.25) is 4.98 Å². The number of methoxy groups -OCH3 is 1. The summed E-state index contributed by atoms with van der Waals surface area (Å²) in [5, 5.41) is 4.70. The van der Waals surface area contributed by atoms with Crippen LogP contribution < -0.4 is 19.9 Å². The zero-order valence-electron chi connectivity index (χ0n) is 20.5. The monoisotopic (exact) mass is 504 g/mol. The van der Waals surface area contributed by atoms with Gasteiger partial charge in [0, 0.05) is 30.2 Å². The molecule has 2 aromatic carbocycles. The van der Waals surface area contributed by atoms with Crippen molar-refractivity contribution in [2.75, 3.05) is 24.0 Å². The third kappa shape index (κ3) is 4.05. The second-order valence-corrected chi connectivity index (χ2v) is 10.4. The highest BCUT2D eigenvalue weighted by atomic mass is 35.5. The Kier molecular flexibility index (Phi) is 5.98. The number of fused-ring (bicyclic) bond motifs is 1. The maximum Gasteiger partial charge on any atom is 0.174 e. The van der Waals surface area contributed by atoms with Crippen molar-refractivity contribution in [1.29, 1.82) is 0 Å². The van der Waals surface area contributed by atoms with Crippen molar-refractivity contribution in [3.05, 3.63) is 88.7 Å². The summed E-state index contributed by atoms with van der Waals surface area (Å²) in [4.78, 5) is 9.13. The molecule has 5 rings (SSSR count). The van der Waals surface area contributed by atoms with Gasteiger partial charge in [-0.05, 0) is 86.6 Å². The van der Waals surface area contributed by atoms with Gasteiger partial charge in [-0.1, -0.05) is 29.8 Å². The molecule has 1 fully saturated rings. The van der Waals surface area contributed by atoms with Gasteiger partial charge in [0.25, 0.3) is 0 Å². The van der Waals surface area contributed by atoms with Gasteiger partial charge in [-0.15, -0.1) is 0 Å². The fourth-order valence-electron chi connectivity index (χ4n) is 5.14. The number of hydrogen-bond acceptors (Lipinski definition) is 4. The molecule has 35 heavy (non-hydrogen) atoms. The van der Waals surface area contributed by atoms with E-state index in [0.29, 0.717) is 15.9 Å². The van der Waals surface area contributed by atoms with Crippen molar-refractivity contribution in [2.24, 2.45) is 0 Å². The summed E-state index contributed by atoms with van der Waals surface area (Å²) in [6, 6.07) is 18.2. The van der Waals surface area contributed by atoms with Crippen LogP contribution in [0.3, 0.4) is 0 Å². The number of likely N-dealkylation sites (N-methyl/N-ethyl adjacent to an activating group) is 1. The molecule has 0 saturated carbocycles. The van der Waals surface area contributed by atoms with E-state index in [2.05, 4.69) is 72.2 Å². The highest BCUT2D eigenvalue weighted by Crippen LogP contribution is 2.45. The number of rotatable bonds is 4. The van der Waals surface area contributed by atoms with Crippen LogP contribution in [0.1, 0.15) is 49.7 Å². The Labute approximate surface area is 217 Å². The van der Waals surface area contributed by atoms with Crippen LogP contribution in [0.5, 0.6) is 5.75 Å². The van der Waals surface area contributed by atoms with Gasteiger partial charge in [-0.2, -0.15) is 0 Å². The summed E-state index contributed by atoms with van der Waals surface area (Å²) in [7, 11) is 3.76. The minimum Gasteiger partial charge on any atom is -0.495 e. The minimum absolute atomic E-state index is 0.0442. The predicted octanol–water partition coefficient (Wildman–Crippen LogP) is 6.55. The normalized spacial score (nSPS) is 20.9. The Bertz CT molecular complexity index is 1320. The molecule has 0 spiro atoms. The van der Waals surface area contributed by atoms with Crippen LogP contribution in [0.15, 0.2) is 66.9 Å². The second-order valence-electron chi connectivity index (χ2n) is 9.63. The summed E-state index contributed by atoms with van der Waals surface area (Å²) in [6.07, 6.45) is 4.15. The maximum atomic E-state index is 6.52. The molecule has 2 aliphatic rings. The lowest BCUT2D eigenvalue weighted by Crippen LogP contribution is -2.42. The van der Waals surface area contributed by atoms with Crippen LogP contribution >= 0.6 is 23.8 Å². The number of halogens is 1. The number of anilines is 2. The molecule has 2 atom stereocenters. The van der Waals surface area contributed by atoms with Crippen molar-refractivity contribution in [3.63, 3.8) is 0 Å². The lowest BCUT2D eigenvalue weighted by molar-refractivity contribution is 0.415. The molecule has 0 radical (unpaired) electrons. The molecule has 3 heterocycles. The summed E-state index contributed by atoms with van der Waals surface area (Å²) >= 11 is 12.4. The van der Waals surface area contributed by atoms with Crippen LogP contribution in [-0.4, -0.2) is 29.8 Å². The van der Waals surface area contributed by atoms with Crippen molar-refractivity contribution in [1.82, 2.24) is 10.3 Å². The fraction of sp³-hybridized carbons (Fsp3) is 0.286. The number of benzene rings is 2. The Hall–Kier alpha value is -3.09. The van der Waals surface area contributed by atoms with Crippen LogP contribution in [0.2, 0.25) is 5.02 Å². The molecule has 1 saturated heterocycles. The topological polar surface area (TPSA) is 40.6 Å². The Morgan fingerprint density at radius 3 is 2.60 bits per heavy atom. The number of nitrogens with one attached hydrogen (secondary N) is 1. The average molecular weight is 505 g/mol. The van der Waals surface area contributed by atoms with E-state index in [1.54, 1.807) is 7.11 Å². The standard InChI is InChI=1S/C28H29ClN4OS/c1-17-16-28(2,3)32(4)23-11-9-18(14-20(17)23)26-25(22-8-6-7-13-30-22)31-27(35)33(26)19-10-12-24(34-5)21(29)15-19/h6-16,25-26H,1-5H3,(H,31,35)/t25-,26+/m1/s1. The van der Waals surface area contributed by atoms with Gasteiger partial charge >= 0.3 is 0 Å². The third-order valence-electron chi connectivity index (χ3n) is 7.09. The van der Waals surface area contributed by atoms with E-state index in [4.69, 9.17) is 28.6 Å². The smallest absolute Gasteiger partial charge is 0.174 e. The number of thiocarbonyl (C=S) groups is 1. The molecule has 2 aliphatic heterocycles. The van der Waals surface area contributed by atoms with Gasteiger partial charge < -0.3 is 19.9 Å². The first kappa shape index (κ1) is 23.6. The van der Waals surface area contributed by atoms with E-state index < -0.39 is 0 Å². The molecule has 0 unspecified atom stereocenters. The molecule has 1 aromatic heterocycles. The van der Waals surface area contributed by atoms with Gasteiger partial charge in [0.15, 0.2) is 5.11 Å². The number of pyridine rings is 1. The Morgan fingerprint density at radius 2 is 1.91 bits per heavy atom. The van der Waals surface area contributed by atoms with Crippen LogP contribution in [0, 0.1) is 0 Å². The predicted molar refractivity (Wildman–Crippen MR) is 149 cm³/mol. The van der Waals surface area contributed by atoms with Crippen molar-refractivity contribution >= 4 is 45.9 Å². The lowest BCUT2D eigenvalue weighted by Gasteiger charge is -2.41. The molecule has 180 valence electrons. The van der Waals surface area contributed by atoms with Crippen LogP contribution in [-0.2, 0) is 0 Å². The number of allylic oxidation sites excluding steroid dienone is 1. The van der Waals surface area contributed by atoms with Gasteiger partial charge in [-0.25, -0.2) is 0 Å². The molecular weight excluding hydrogens is 476 g/mol. The number of hydrogen-bond donors (Lipinski definition) is 1. The third-order valence-corrected chi connectivity index (χ3v) is 7.70. The molecule has 7 heteroatoms. The van der Waals surface area contributed by atoms with Gasteiger partial charge in [0.05, 0.1) is 35.4 Å². The van der Waals surface area contributed by atoms with Crippen LogP contribution in [0.4, 0.5) is 11.4 Å². The van der Waals surface area contributed by atoms with E-state index in [9.17, 15) is 0 Å². The quantitative estimate of drug-likeness (QED) is 0.406. The SMILES string of the molecule is COc1ccc(N2C(=S)N[C@H](c3ccccn3)[C@@H]2c2ccc3c(c2)C(C)=CC(C)(C)N3C)cc1Cl. The minimum atomic E-state index is -0.121. The van der Waals surface area contributed by atoms with Gasteiger partial charge in [0.2, 0.25) is 0 Å². The zero-order valence-corrected chi connectivity index (χ0v) is 22.1. The molecule has 0 bridgehead atoms. The molecule has 5 nitrogen and oxygen atoms in total. The highest BCUT2D eigenvalue weighted by Gasteiger charge is 2.41. The highest BCUT2D eigenvalue weighted by molar-refractivity contribution is 7.80. The van der Waals surface area contributed by atoms with Crippen molar-refractivity contribution < 1.29 is 4.74 Å². The Balaban J connectivity index is 1.66. The summed E-state index contributed by atoms with van der Waals surface area (Å²) in [5.41, 5.74) is 6.67. The lowest BCUT2D eigenvalue weighted by atomic mass is 9.86. The maximum absolute atomic E-state index is 6.52. The summed E-state index contributed by atoms with van der Waals surface area (Å²) in [5.74, 6) is 0.631. The largest absolute Gasteiger partial charge is 0.495 e. The first-order valence-electron chi connectivity index (χ1n) is 11.6.